The van der Waals surface area contributed by atoms with Gasteiger partial charge in [0.1, 0.15) is 0 Å². The van der Waals surface area contributed by atoms with Crippen LogP contribution in [-0.2, 0) is 11.2 Å². The number of amides is 1. The maximum atomic E-state index is 12.8. The molecule has 0 saturated heterocycles. The molecule has 7 nitrogen and oxygen atoms in total. The summed E-state index contributed by atoms with van der Waals surface area (Å²) in [5.74, 6) is 0.464. The maximum Gasteiger partial charge on any atom is 0.257 e. The number of rotatable bonds is 10. The maximum absolute atomic E-state index is 12.8. The highest BCUT2D eigenvalue weighted by molar-refractivity contribution is 6.01. The van der Waals surface area contributed by atoms with Gasteiger partial charge in [-0.2, -0.15) is 0 Å². The molecule has 1 aromatic carbocycles. The molecule has 0 spiro atoms. The van der Waals surface area contributed by atoms with E-state index >= 15 is 0 Å². The largest absolute Gasteiger partial charge is 0.493 e. The Morgan fingerprint density at radius 1 is 1.04 bits per heavy atom. The summed E-state index contributed by atoms with van der Waals surface area (Å²) in [6, 6.07) is 6.81. The molecular weight excluding hydrogens is 348 g/mol. The van der Waals surface area contributed by atoms with Gasteiger partial charge in [0, 0.05) is 25.4 Å². The first-order chi connectivity index (χ1) is 13.1. The summed E-state index contributed by atoms with van der Waals surface area (Å²) in [5.41, 5.74) is 1.16. The van der Waals surface area contributed by atoms with Crippen LogP contribution in [0.1, 0.15) is 29.3 Å². The standard InChI is InChI=1S/C20H24N2O5/c1-4-9-22-18(24)13-27-19-15(5-6-17(25-2)20(19)26-3)16(23)12-14-7-10-21-11-8-14/h5-8,10-11H,4,9,12-13H2,1-3H3,(H,22,24). The van der Waals surface area contributed by atoms with Crippen molar-refractivity contribution in [3.63, 3.8) is 0 Å². The molecule has 0 saturated carbocycles. The molecule has 1 N–H and O–H groups in total. The minimum atomic E-state index is -0.269. The predicted molar refractivity (Wildman–Crippen MR) is 101 cm³/mol. The molecule has 0 aliphatic carbocycles. The number of hydrogen-bond donors (Lipinski definition) is 1. The molecule has 0 radical (unpaired) electrons. The molecule has 0 fully saturated rings. The van der Waals surface area contributed by atoms with E-state index in [0.717, 1.165) is 12.0 Å². The number of ketones is 1. The number of Topliss-reactive ketones (excluding diaryl/α,β-unsaturated/α-hetero) is 1. The molecule has 1 aromatic heterocycles. The van der Waals surface area contributed by atoms with Gasteiger partial charge in [0.05, 0.1) is 19.8 Å². The van der Waals surface area contributed by atoms with Crippen molar-refractivity contribution in [1.82, 2.24) is 10.3 Å². The van der Waals surface area contributed by atoms with Gasteiger partial charge in [-0.1, -0.05) is 6.92 Å². The van der Waals surface area contributed by atoms with Gasteiger partial charge >= 0.3 is 0 Å². The fraction of sp³-hybridized carbons (Fsp3) is 0.350. The number of methoxy groups -OCH3 is 2. The van der Waals surface area contributed by atoms with Crippen LogP contribution in [0.25, 0.3) is 0 Å². The first-order valence-electron chi connectivity index (χ1n) is 8.67. The SMILES string of the molecule is CCCNC(=O)COc1c(C(=O)Cc2ccncc2)ccc(OC)c1OC. The van der Waals surface area contributed by atoms with Crippen LogP contribution >= 0.6 is 0 Å². The van der Waals surface area contributed by atoms with Crippen LogP contribution in [0.15, 0.2) is 36.7 Å². The average Bonchev–Trinajstić information content (AvgIpc) is 2.70. The van der Waals surface area contributed by atoms with Crippen molar-refractivity contribution in [3.8, 4) is 17.2 Å². The van der Waals surface area contributed by atoms with E-state index in [0.29, 0.717) is 17.9 Å². The van der Waals surface area contributed by atoms with Crippen LogP contribution in [-0.4, -0.2) is 44.0 Å². The van der Waals surface area contributed by atoms with Crippen molar-refractivity contribution in [2.75, 3.05) is 27.4 Å². The summed E-state index contributed by atoms with van der Waals surface area (Å²) in [7, 11) is 2.95. The summed E-state index contributed by atoms with van der Waals surface area (Å²) < 4.78 is 16.3. The van der Waals surface area contributed by atoms with Crippen LogP contribution in [0.5, 0.6) is 17.2 Å². The molecule has 0 bridgehead atoms. The van der Waals surface area contributed by atoms with Gasteiger partial charge in [0.15, 0.2) is 23.9 Å². The Balaban J connectivity index is 2.29. The number of nitrogens with one attached hydrogen (secondary N) is 1. The Hall–Kier alpha value is -3.09. The van der Waals surface area contributed by atoms with Crippen LogP contribution < -0.4 is 19.5 Å². The topological polar surface area (TPSA) is 86.8 Å². The molecule has 0 aliphatic heterocycles. The van der Waals surface area contributed by atoms with Crippen molar-refractivity contribution in [1.29, 1.82) is 0 Å². The van der Waals surface area contributed by atoms with E-state index in [4.69, 9.17) is 14.2 Å². The predicted octanol–water partition coefficient (Wildman–Crippen LogP) is 2.43. The minimum absolute atomic E-state index is 0.161. The lowest BCUT2D eigenvalue weighted by molar-refractivity contribution is -0.123. The van der Waals surface area contributed by atoms with Gasteiger partial charge in [-0.3, -0.25) is 14.6 Å². The van der Waals surface area contributed by atoms with Crippen LogP contribution in [0.3, 0.4) is 0 Å². The summed E-state index contributed by atoms with van der Waals surface area (Å²) in [6.45, 7) is 2.30. The van der Waals surface area contributed by atoms with Gasteiger partial charge in [-0.15, -0.1) is 0 Å². The lowest BCUT2D eigenvalue weighted by Gasteiger charge is -2.17. The zero-order valence-electron chi connectivity index (χ0n) is 15.8. The van der Waals surface area contributed by atoms with Crippen LogP contribution in [0, 0.1) is 0 Å². The molecule has 2 rings (SSSR count). The second-order valence-corrected chi connectivity index (χ2v) is 5.77. The number of carbonyl (C=O) groups is 2. The van der Waals surface area contributed by atoms with Crippen molar-refractivity contribution in [3.05, 3.63) is 47.8 Å². The molecule has 0 aliphatic rings. The summed E-state index contributed by atoms with van der Waals surface area (Å²) in [5, 5.41) is 2.73. The zero-order valence-corrected chi connectivity index (χ0v) is 15.8. The highest BCUT2D eigenvalue weighted by Gasteiger charge is 2.22. The number of nitrogens with zero attached hydrogens (tertiary/aromatic N) is 1. The second kappa shape index (κ2) is 10.2. The highest BCUT2D eigenvalue weighted by Crippen LogP contribution is 2.40. The van der Waals surface area contributed by atoms with Gasteiger partial charge in [-0.25, -0.2) is 0 Å². The number of pyridine rings is 1. The zero-order chi connectivity index (χ0) is 19.6. The van der Waals surface area contributed by atoms with Crippen molar-refractivity contribution >= 4 is 11.7 Å². The number of carbonyl (C=O) groups excluding carboxylic acids is 2. The van der Waals surface area contributed by atoms with E-state index in [-0.39, 0.29) is 36.2 Å². The van der Waals surface area contributed by atoms with Gasteiger partial charge in [0.2, 0.25) is 5.75 Å². The van der Waals surface area contributed by atoms with Crippen molar-refractivity contribution in [2.45, 2.75) is 19.8 Å². The monoisotopic (exact) mass is 372 g/mol. The first kappa shape index (κ1) is 20.2. The third-order valence-electron chi connectivity index (χ3n) is 3.83. The number of ether oxygens (including phenoxy) is 3. The normalized spacial score (nSPS) is 10.2. The Morgan fingerprint density at radius 2 is 1.78 bits per heavy atom. The molecular formula is C20H24N2O5. The van der Waals surface area contributed by atoms with E-state index in [1.54, 1.807) is 36.7 Å². The van der Waals surface area contributed by atoms with E-state index < -0.39 is 0 Å². The molecule has 0 unspecified atom stereocenters. The third kappa shape index (κ3) is 5.44. The average molecular weight is 372 g/mol. The number of aromatic nitrogens is 1. The molecule has 1 amide bonds. The molecule has 1 heterocycles. The number of benzene rings is 1. The first-order valence-corrected chi connectivity index (χ1v) is 8.67. The highest BCUT2D eigenvalue weighted by atomic mass is 16.5. The Labute approximate surface area is 158 Å². The van der Waals surface area contributed by atoms with E-state index in [1.807, 2.05) is 6.92 Å². The third-order valence-corrected chi connectivity index (χ3v) is 3.83. The van der Waals surface area contributed by atoms with Gasteiger partial charge in [0.25, 0.3) is 5.91 Å². The second-order valence-electron chi connectivity index (χ2n) is 5.77. The number of hydrogen-bond acceptors (Lipinski definition) is 6. The summed E-state index contributed by atoms with van der Waals surface area (Å²) >= 11 is 0. The van der Waals surface area contributed by atoms with Crippen molar-refractivity contribution < 1.29 is 23.8 Å². The quantitative estimate of drug-likeness (QED) is 0.645. The summed E-state index contributed by atoms with van der Waals surface area (Å²) in [4.78, 5) is 28.7. The Morgan fingerprint density at radius 3 is 2.41 bits per heavy atom. The van der Waals surface area contributed by atoms with Crippen molar-refractivity contribution in [2.24, 2.45) is 0 Å². The van der Waals surface area contributed by atoms with Gasteiger partial charge in [-0.05, 0) is 36.2 Å². The van der Waals surface area contributed by atoms with Crippen LogP contribution in [0.2, 0.25) is 0 Å². The van der Waals surface area contributed by atoms with E-state index in [9.17, 15) is 9.59 Å². The molecule has 27 heavy (non-hydrogen) atoms. The minimum Gasteiger partial charge on any atom is -0.493 e. The molecule has 7 heteroatoms. The lowest BCUT2D eigenvalue weighted by Crippen LogP contribution is -2.29. The smallest absolute Gasteiger partial charge is 0.257 e. The van der Waals surface area contributed by atoms with E-state index in [1.165, 1.54) is 14.2 Å². The van der Waals surface area contributed by atoms with Crippen LogP contribution in [0.4, 0.5) is 0 Å². The molecule has 0 atom stereocenters. The fourth-order valence-corrected chi connectivity index (χ4v) is 2.50. The fourth-order valence-electron chi connectivity index (χ4n) is 2.50. The van der Waals surface area contributed by atoms with E-state index in [2.05, 4.69) is 10.3 Å². The summed E-state index contributed by atoms with van der Waals surface area (Å²) in [6.07, 6.45) is 4.26. The lowest BCUT2D eigenvalue weighted by atomic mass is 10.0. The molecule has 2 aromatic rings. The Bertz CT molecular complexity index is 777. The Kier molecular flexibility index (Phi) is 7.61. The van der Waals surface area contributed by atoms with Gasteiger partial charge < -0.3 is 19.5 Å². The molecule has 144 valence electrons.